The van der Waals surface area contributed by atoms with Crippen LogP contribution in [-0.2, 0) is 10.8 Å². The van der Waals surface area contributed by atoms with Crippen LogP contribution in [0.3, 0.4) is 0 Å². The number of nitrogens with zero attached hydrogens (tertiary/aromatic N) is 1. The Morgan fingerprint density at radius 2 is 1.75 bits per heavy atom. The van der Waals surface area contributed by atoms with Crippen molar-refractivity contribution in [1.82, 2.24) is 4.57 Å². The lowest BCUT2D eigenvalue weighted by molar-refractivity contribution is 0.0982. The molecule has 3 aromatic rings. The number of ether oxygens (including phenoxy) is 1. The molecule has 1 aliphatic rings. The number of aromatic nitrogens is 1. The van der Waals surface area contributed by atoms with Gasteiger partial charge in [0, 0.05) is 6.20 Å². The standard InChI is InChI=1S/C19H15NO3S/c1-23-14-10-8-13(9-11-14)19-18(21)16-6-4-12-20(16)15-5-2-3-7-17(15)24(19)22/h2-12,19H,1H3/t19-,24+/m1/s1. The lowest BCUT2D eigenvalue weighted by Gasteiger charge is -2.14. The highest BCUT2D eigenvalue weighted by Crippen LogP contribution is 2.36. The SMILES string of the molecule is COc1ccc([C@@H]2C(=O)c3cccn3-c3ccccc3[S@@]2=O)cc1. The monoisotopic (exact) mass is 337 g/mol. The maximum absolute atomic E-state index is 13.2. The smallest absolute Gasteiger partial charge is 0.199 e. The van der Waals surface area contributed by atoms with Gasteiger partial charge in [-0.25, -0.2) is 0 Å². The molecule has 120 valence electrons. The second kappa shape index (κ2) is 5.76. The minimum Gasteiger partial charge on any atom is -0.497 e. The molecule has 0 unspecified atom stereocenters. The minimum atomic E-state index is -1.48. The number of methoxy groups -OCH3 is 1. The summed E-state index contributed by atoms with van der Waals surface area (Å²) in [5, 5.41) is -0.729. The van der Waals surface area contributed by atoms with Crippen molar-refractivity contribution in [3.63, 3.8) is 0 Å². The van der Waals surface area contributed by atoms with E-state index < -0.39 is 16.0 Å². The van der Waals surface area contributed by atoms with Gasteiger partial charge in [0.1, 0.15) is 11.0 Å². The largest absolute Gasteiger partial charge is 0.497 e. The van der Waals surface area contributed by atoms with Gasteiger partial charge in [-0.05, 0) is 42.0 Å². The van der Waals surface area contributed by atoms with Gasteiger partial charge in [-0.2, -0.15) is 0 Å². The average Bonchev–Trinajstić information content (AvgIpc) is 3.09. The third-order valence-electron chi connectivity index (χ3n) is 4.21. The summed E-state index contributed by atoms with van der Waals surface area (Å²) in [7, 11) is 0.115. The Morgan fingerprint density at radius 1 is 1.00 bits per heavy atom. The summed E-state index contributed by atoms with van der Waals surface area (Å²) in [6.07, 6.45) is 1.83. The van der Waals surface area contributed by atoms with E-state index in [-0.39, 0.29) is 5.78 Å². The summed E-state index contributed by atoms with van der Waals surface area (Å²) in [6.45, 7) is 0. The second-order valence-corrected chi connectivity index (χ2v) is 7.05. The van der Waals surface area contributed by atoms with Gasteiger partial charge < -0.3 is 9.30 Å². The second-order valence-electron chi connectivity index (χ2n) is 5.55. The van der Waals surface area contributed by atoms with Crippen LogP contribution < -0.4 is 4.74 Å². The fourth-order valence-electron chi connectivity index (χ4n) is 3.03. The topological polar surface area (TPSA) is 48.3 Å². The maximum atomic E-state index is 13.2. The van der Waals surface area contributed by atoms with Gasteiger partial charge in [0.2, 0.25) is 0 Å². The van der Waals surface area contributed by atoms with Gasteiger partial charge in [-0.1, -0.05) is 24.3 Å². The molecule has 0 radical (unpaired) electrons. The average molecular weight is 337 g/mol. The summed E-state index contributed by atoms with van der Waals surface area (Å²) >= 11 is 0. The molecule has 1 aliphatic heterocycles. The van der Waals surface area contributed by atoms with Crippen molar-refractivity contribution in [2.24, 2.45) is 0 Å². The van der Waals surface area contributed by atoms with Crippen LogP contribution in [0, 0.1) is 0 Å². The van der Waals surface area contributed by atoms with E-state index in [1.807, 2.05) is 41.1 Å². The number of para-hydroxylation sites is 1. The first kappa shape index (κ1) is 14.9. The summed E-state index contributed by atoms with van der Waals surface area (Å²) in [4.78, 5) is 13.8. The van der Waals surface area contributed by atoms with Crippen molar-refractivity contribution < 1.29 is 13.7 Å². The molecule has 4 rings (SSSR count). The Labute approximate surface area is 142 Å². The number of carbonyl (C=O) groups excluding carboxylic acids is 1. The first-order chi connectivity index (χ1) is 11.7. The molecule has 4 nitrogen and oxygen atoms in total. The molecule has 0 amide bonds. The van der Waals surface area contributed by atoms with Crippen LogP contribution in [0.1, 0.15) is 21.3 Å². The first-order valence-electron chi connectivity index (χ1n) is 7.56. The van der Waals surface area contributed by atoms with E-state index in [0.29, 0.717) is 16.3 Å². The zero-order chi connectivity index (χ0) is 16.7. The highest BCUT2D eigenvalue weighted by molar-refractivity contribution is 7.86. The predicted molar refractivity (Wildman–Crippen MR) is 92.2 cm³/mol. The number of carbonyl (C=O) groups is 1. The third-order valence-corrected chi connectivity index (χ3v) is 5.91. The van der Waals surface area contributed by atoms with E-state index in [0.717, 1.165) is 11.3 Å². The Bertz CT molecular complexity index is 943. The van der Waals surface area contributed by atoms with Crippen molar-refractivity contribution in [2.75, 3.05) is 7.11 Å². The van der Waals surface area contributed by atoms with Gasteiger partial charge in [-0.15, -0.1) is 0 Å². The summed E-state index contributed by atoms with van der Waals surface area (Å²) in [5.74, 6) is 0.564. The number of ketones is 1. The van der Waals surface area contributed by atoms with Crippen LogP contribution in [0.25, 0.3) is 5.69 Å². The van der Waals surface area contributed by atoms with Crippen LogP contribution >= 0.6 is 0 Å². The Hall–Kier alpha value is -2.66. The molecule has 1 aromatic heterocycles. The van der Waals surface area contributed by atoms with E-state index in [1.54, 1.807) is 37.4 Å². The van der Waals surface area contributed by atoms with Gasteiger partial charge in [0.05, 0.1) is 34.2 Å². The molecule has 0 saturated heterocycles. The van der Waals surface area contributed by atoms with Crippen molar-refractivity contribution in [2.45, 2.75) is 10.1 Å². The molecule has 0 aliphatic carbocycles. The molecule has 2 heterocycles. The van der Waals surface area contributed by atoms with Crippen LogP contribution in [0.4, 0.5) is 0 Å². The van der Waals surface area contributed by atoms with E-state index in [9.17, 15) is 9.00 Å². The quantitative estimate of drug-likeness (QED) is 0.719. The lowest BCUT2D eigenvalue weighted by Crippen LogP contribution is -2.17. The highest BCUT2D eigenvalue weighted by atomic mass is 32.2. The zero-order valence-corrected chi connectivity index (χ0v) is 13.8. The Kier molecular flexibility index (Phi) is 3.58. The third kappa shape index (κ3) is 2.20. The highest BCUT2D eigenvalue weighted by Gasteiger charge is 2.35. The van der Waals surface area contributed by atoms with Gasteiger partial charge in [-0.3, -0.25) is 9.00 Å². The predicted octanol–water partition coefficient (Wildman–Crippen LogP) is 3.53. The molecule has 0 N–H and O–H groups in total. The number of benzene rings is 2. The molecule has 5 heteroatoms. The number of fused-ring (bicyclic) bond motifs is 3. The van der Waals surface area contributed by atoms with E-state index in [2.05, 4.69) is 0 Å². The summed E-state index contributed by atoms with van der Waals surface area (Å²) in [6, 6.07) is 18.2. The van der Waals surface area contributed by atoms with Crippen LogP contribution in [-0.4, -0.2) is 21.7 Å². The van der Waals surface area contributed by atoms with Crippen molar-refractivity contribution in [1.29, 1.82) is 0 Å². The fraction of sp³-hybridized carbons (Fsp3) is 0.105. The molecular weight excluding hydrogens is 322 g/mol. The lowest BCUT2D eigenvalue weighted by atomic mass is 10.1. The molecule has 2 aromatic carbocycles. The normalized spacial score (nSPS) is 19.3. The molecule has 0 saturated carbocycles. The number of rotatable bonds is 2. The molecule has 0 spiro atoms. The number of Topliss-reactive ketones (excluding diaryl/α,β-unsaturated/α-hetero) is 1. The van der Waals surface area contributed by atoms with Gasteiger partial charge in [0.15, 0.2) is 5.78 Å². The maximum Gasteiger partial charge on any atom is 0.199 e. The van der Waals surface area contributed by atoms with E-state index in [4.69, 9.17) is 4.74 Å². The van der Waals surface area contributed by atoms with Crippen LogP contribution in [0.15, 0.2) is 71.8 Å². The Balaban J connectivity index is 1.92. The van der Waals surface area contributed by atoms with Crippen LogP contribution in [0.2, 0.25) is 0 Å². The minimum absolute atomic E-state index is 0.139. The number of hydrogen-bond acceptors (Lipinski definition) is 3. The van der Waals surface area contributed by atoms with Crippen molar-refractivity contribution in [3.05, 3.63) is 78.1 Å². The summed E-state index contributed by atoms with van der Waals surface area (Å²) in [5.41, 5.74) is 2.07. The van der Waals surface area contributed by atoms with Crippen LogP contribution in [0.5, 0.6) is 5.75 Å². The zero-order valence-electron chi connectivity index (χ0n) is 13.0. The molecule has 2 atom stereocenters. The molecular formula is C19H15NO3S. The van der Waals surface area contributed by atoms with E-state index >= 15 is 0 Å². The Morgan fingerprint density at radius 3 is 2.50 bits per heavy atom. The fourth-order valence-corrected chi connectivity index (χ4v) is 4.59. The first-order valence-corrected chi connectivity index (χ1v) is 8.77. The van der Waals surface area contributed by atoms with Crippen molar-refractivity contribution >= 4 is 16.6 Å². The van der Waals surface area contributed by atoms with Gasteiger partial charge in [0.25, 0.3) is 0 Å². The molecule has 24 heavy (non-hydrogen) atoms. The van der Waals surface area contributed by atoms with Crippen molar-refractivity contribution in [3.8, 4) is 11.4 Å². The van der Waals surface area contributed by atoms with E-state index in [1.165, 1.54) is 0 Å². The molecule has 0 fully saturated rings. The summed E-state index contributed by atoms with van der Waals surface area (Å²) < 4.78 is 20.2. The molecule has 0 bridgehead atoms. The number of hydrogen-bond donors (Lipinski definition) is 0. The van der Waals surface area contributed by atoms with Gasteiger partial charge >= 0.3 is 0 Å².